The maximum Gasteiger partial charge on any atom is 0.338 e. The lowest BCUT2D eigenvalue weighted by Gasteiger charge is -2.09. The van der Waals surface area contributed by atoms with E-state index < -0.39 is 0 Å². The van der Waals surface area contributed by atoms with Crippen molar-refractivity contribution < 1.29 is 14.3 Å². The molecule has 4 heteroatoms. The lowest BCUT2D eigenvalue weighted by Crippen LogP contribution is -2.06. The molecule has 0 aliphatic heterocycles. The second-order valence-corrected chi connectivity index (χ2v) is 5.30. The van der Waals surface area contributed by atoms with E-state index in [4.69, 9.17) is 9.47 Å². The molecule has 0 N–H and O–H groups in total. The van der Waals surface area contributed by atoms with Crippen molar-refractivity contribution in [3.63, 3.8) is 0 Å². The largest absolute Gasteiger partial charge is 0.493 e. The summed E-state index contributed by atoms with van der Waals surface area (Å²) in [6.45, 7) is 2.75. The van der Waals surface area contributed by atoms with Crippen LogP contribution in [0.3, 0.4) is 0 Å². The van der Waals surface area contributed by atoms with Crippen molar-refractivity contribution in [1.82, 2.24) is 0 Å². The average molecular weight is 382 g/mol. The van der Waals surface area contributed by atoms with Crippen molar-refractivity contribution in [1.29, 1.82) is 0 Å². The van der Waals surface area contributed by atoms with E-state index >= 15 is 0 Å². The molecule has 0 saturated carbocycles. The van der Waals surface area contributed by atoms with Gasteiger partial charge in [0.25, 0.3) is 0 Å². The molecule has 0 aliphatic rings. The van der Waals surface area contributed by atoms with E-state index in [-0.39, 0.29) is 12.6 Å². The first-order chi connectivity index (χ1) is 9.70. The molecule has 0 unspecified atom stereocenters. The zero-order valence-corrected chi connectivity index (χ0v) is 13.3. The van der Waals surface area contributed by atoms with E-state index in [2.05, 4.69) is 22.6 Å². The van der Waals surface area contributed by atoms with Crippen LogP contribution >= 0.6 is 22.6 Å². The standard InChI is InChI=1S/C16H15IO3/c1-2-19-15-10-13(8-9-14(15)17)16(18)20-11-12-6-4-3-5-7-12/h3-10H,2,11H2,1H3. The van der Waals surface area contributed by atoms with Crippen molar-refractivity contribution in [3.8, 4) is 5.75 Å². The molecule has 2 aromatic carbocycles. The predicted molar refractivity (Wildman–Crippen MR) is 85.9 cm³/mol. The van der Waals surface area contributed by atoms with E-state index in [9.17, 15) is 4.79 Å². The van der Waals surface area contributed by atoms with Crippen molar-refractivity contribution in [2.45, 2.75) is 13.5 Å². The van der Waals surface area contributed by atoms with Crippen molar-refractivity contribution in [2.24, 2.45) is 0 Å². The maximum atomic E-state index is 12.0. The van der Waals surface area contributed by atoms with Crippen molar-refractivity contribution in [3.05, 3.63) is 63.2 Å². The molecule has 104 valence electrons. The van der Waals surface area contributed by atoms with Gasteiger partial charge in [-0.1, -0.05) is 30.3 Å². The van der Waals surface area contributed by atoms with Gasteiger partial charge < -0.3 is 9.47 Å². The number of rotatable bonds is 5. The molecule has 0 spiro atoms. The average Bonchev–Trinajstić information content (AvgIpc) is 2.48. The number of esters is 1. The molecule has 0 aliphatic carbocycles. The molecule has 3 nitrogen and oxygen atoms in total. The zero-order valence-electron chi connectivity index (χ0n) is 11.1. The molecule has 0 bridgehead atoms. The summed E-state index contributed by atoms with van der Waals surface area (Å²) in [5.74, 6) is 0.369. The lowest BCUT2D eigenvalue weighted by molar-refractivity contribution is 0.0472. The van der Waals surface area contributed by atoms with Gasteiger partial charge in [0.05, 0.1) is 15.7 Å². The van der Waals surface area contributed by atoms with Crippen LogP contribution in [0, 0.1) is 3.57 Å². The van der Waals surface area contributed by atoms with Crippen LogP contribution < -0.4 is 4.74 Å². The minimum Gasteiger partial charge on any atom is -0.493 e. The Morgan fingerprint density at radius 3 is 2.60 bits per heavy atom. The number of ether oxygens (including phenoxy) is 2. The van der Waals surface area contributed by atoms with Crippen LogP contribution in [-0.4, -0.2) is 12.6 Å². The quantitative estimate of drug-likeness (QED) is 0.578. The minimum absolute atomic E-state index is 0.273. The summed E-state index contributed by atoms with van der Waals surface area (Å²) >= 11 is 2.18. The maximum absolute atomic E-state index is 12.0. The Morgan fingerprint density at radius 2 is 1.90 bits per heavy atom. The van der Waals surface area contributed by atoms with E-state index in [1.807, 2.05) is 43.3 Å². The molecule has 0 radical (unpaired) electrons. The van der Waals surface area contributed by atoms with Gasteiger partial charge in [0.2, 0.25) is 0 Å². The summed E-state index contributed by atoms with van der Waals surface area (Å²) in [6.07, 6.45) is 0. The molecular weight excluding hydrogens is 367 g/mol. The molecular formula is C16H15IO3. The Morgan fingerprint density at radius 1 is 1.15 bits per heavy atom. The first-order valence-corrected chi connectivity index (χ1v) is 7.42. The molecule has 20 heavy (non-hydrogen) atoms. The van der Waals surface area contributed by atoms with Crippen LogP contribution in [0.4, 0.5) is 0 Å². The number of hydrogen-bond donors (Lipinski definition) is 0. The number of carbonyl (C=O) groups excluding carboxylic acids is 1. The zero-order chi connectivity index (χ0) is 14.4. The van der Waals surface area contributed by atoms with Crippen molar-refractivity contribution in [2.75, 3.05) is 6.61 Å². The fourth-order valence-corrected chi connectivity index (χ4v) is 2.19. The highest BCUT2D eigenvalue weighted by Crippen LogP contribution is 2.23. The van der Waals surface area contributed by atoms with Gasteiger partial charge in [0.1, 0.15) is 12.4 Å². The van der Waals surface area contributed by atoms with Gasteiger partial charge in [-0.05, 0) is 53.3 Å². The molecule has 2 aromatic rings. The van der Waals surface area contributed by atoms with Gasteiger partial charge in [-0.3, -0.25) is 0 Å². The number of carbonyl (C=O) groups is 1. The fourth-order valence-electron chi connectivity index (χ4n) is 1.70. The van der Waals surface area contributed by atoms with Gasteiger partial charge >= 0.3 is 5.97 Å². The summed E-state index contributed by atoms with van der Waals surface area (Å²) in [5.41, 5.74) is 1.47. The fraction of sp³-hybridized carbons (Fsp3) is 0.188. The Balaban J connectivity index is 2.04. The highest BCUT2D eigenvalue weighted by molar-refractivity contribution is 14.1. The molecule has 2 rings (SSSR count). The SMILES string of the molecule is CCOc1cc(C(=O)OCc2ccccc2)ccc1I. The summed E-state index contributed by atoms with van der Waals surface area (Å²) in [7, 11) is 0. The minimum atomic E-state index is -0.341. The van der Waals surface area contributed by atoms with Gasteiger partial charge in [0.15, 0.2) is 0 Å². The summed E-state index contributed by atoms with van der Waals surface area (Å²) in [5, 5.41) is 0. The van der Waals surface area contributed by atoms with Crippen LogP contribution in [0.15, 0.2) is 48.5 Å². The molecule has 0 saturated heterocycles. The van der Waals surface area contributed by atoms with Crippen LogP contribution in [-0.2, 0) is 11.3 Å². The first-order valence-electron chi connectivity index (χ1n) is 6.34. The van der Waals surface area contributed by atoms with Crippen LogP contribution in [0.2, 0.25) is 0 Å². The highest BCUT2D eigenvalue weighted by atomic mass is 127. The molecule has 0 fully saturated rings. The van der Waals surface area contributed by atoms with Crippen molar-refractivity contribution >= 4 is 28.6 Å². The second kappa shape index (κ2) is 7.28. The topological polar surface area (TPSA) is 35.5 Å². The second-order valence-electron chi connectivity index (χ2n) is 4.14. The number of hydrogen-bond acceptors (Lipinski definition) is 3. The molecule has 0 atom stereocenters. The predicted octanol–water partition coefficient (Wildman–Crippen LogP) is 4.05. The Kier molecular flexibility index (Phi) is 5.40. The molecule has 0 heterocycles. The Bertz CT molecular complexity index is 582. The summed E-state index contributed by atoms with van der Waals surface area (Å²) in [6, 6.07) is 14.9. The molecule has 0 aromatic heterocycles. The molecule has 0 amide bonds. The van der Waals surface area contributed by atoms with Gasteiger partial charge in [-0.15, -0.1) is 0 Å². The first kappa shape index (κ1) is 14.8. The third-order valence-electron chi connectivity index (χ3n) is 2.68. The summed E-state index contributed by atoms with van der Waals surface area (Å²) < 4.78 is 11.7. The number of benzene rings is 2. The van der Waals surface area contributed by atoms with E-state index in [1.54, 1.807) is 12.1 Å². The third-order valence-corrected chi connectivity index (χ3v) is 3.57. The van der Waals surface area contributed by atoms with Gasteiger partial charge in [-0.2, -0.15) is 0 Å². The number of halogens is 1. The third kappa shape index (κ3) is 3.96. The Labute approximate surface area is 132 Å². The van der Waals surface area contributed by atoms with Gasteiger partial charge in [-0.25, -0.2) is 4.79 Å². The van der Waals surface area contributed by atoms with Crippen LogP contribution in [0.5, 0.6) is 5.75 Å². The smallest absolute Gasteiger partial charge is 0.338 e. The lowest BCUT2D eigenvalue weighted by atomic mass is 10.2. The van der Waals surface area contributed by atoms with Crippen LogP contribution in [0.25, 0.3) is 0 Å². The monoisotopic (exact) mass is 382 g/mol. The van der Waals surface area contributed by atoms with E-state index in [1.165, 1.54) is 0 Å². The van der Waals surface area contributed by atoms with Crippen LogP contribution in [0.1, 0.15) is 22.8 Å². The van der Waals surface area contributed by atoms with Gasteiger partial charge in [0, 0.05) is 0 Å². The Hall–Kier alpha value is -1.56. The highest BCUT2D eigenvalue weighted by Gasteiger charge is 2.10. The normalized spacial score (nSPS) is 10.1. The van der Waals surface area contributed by atoms with E-state index in [0.717, 1.165) is 9.13 Å². The summed E-state index contributed by atoms with van der Waals surface area (Å²) in [4.78, 5) is 12.0. The van der Waals surface area contributed by atoms with E-state index in [0.29, 0.717) is 17.9 Å².